The van der Waals surface area contributed by atoms with E-state index in [1.165, 1.54) is 12.8 Å². The van der Waals surface area contributed by atoms with Gasteiger partial charge in [0, 0.05) is 25.0 Å². The molecule has 1 aliphatic rings. The lowest BCUT2D eigenvalue weighted by atomic mass is 10.1. The molecule has 1 fully saturated rings. The summed E-state index contributed by atoms with van der Waals surface area (Å²) in [7, 11) is -3.26. The lowest BCUT2D eigenvalue weighted by Gasteiger charge is -2.23. The van der Waals surface area contributed by atoms with Crippen LogP contribution < -0.4 is 10.0 Å². The van der Waals surface area contributed by atoms with Gasteiger partial charge in [-0.3, -0.25) is 4.98 Å². The Morgan fingerprint density at radius 3 is 3.00 bits per heavy atom. The van der Waals surface area contributed by atoms with Crippen molar-refractivity contribution >= 4 is 10.0 Å². The Morgan fingerprint density at radius 1 is 1.44 bits per heavy atom. The van der Waals surface area contributed by atoms with E-state index in [0.29, 0.717) is 12.1 Å². The molecule has 2 N–H and O–H groups in total. The van der Waals surface area contributed by atoms with E-state index in [9.17, 15) is 8.42 Å². The van der Waals surface area contributed by atoms with Crippen LogP contribution in [0, 0.1) is 0 Å². The van der Waals surface area contributed by atoms with Gasteiger partial charge >= 0.3 is 0 Å². The van der Waals surface area contributed by atoms with Gasteiger partial charge in [-0.2, -0.15) is 0 Å². The molecule has 0 aliphatic carbocycles. The first-order chi connectivity index (χ1) is 8.66. The van der Waals surface area contributed by atoms with Gasteiger partial charge in [0.2, 0.25) is 10.0 Å². The molecule has 1 aromatic rings. The first kappa shape index (κ1) is 13.5. The van der Waals surface area contributed by atoms with E-state index in [-0.39, 0.29) is 11.8 Å². The molecule has 1 aliphatic heterocycles. The van der Waals surface area contributed by atoms with E-state index < -0.39 is 10.0 Å². The Labute approximate surface area is 108 Å². The van der Waals surface area contributed by atoms with Crippen molar-refractivity contribution in [3.8, 4) is 0 Å². The van der Waals surface area contributed by atoms with Crippen LogP contribution in [0.1, 0.15) is 24.8 Å². The average Bonchev–Trinajstić information content (AvgIpc) is 2.38. The highest BCUT2D eigenvalue weighted by Gasteiger charge is 2.16. The summed E-state index contributed by atoms with van der Waals surface area (Å²) in [6.45, 7) is 1.46. The van der Waals surface area contributed by atoms with E-state index in [1.54, 1.807) is 24.5 Å². The van der Waals surface area contributed by atoms with E-state index in [0.717, 1.165) is 13.0 Å². The van der Waals surface area contributed by atoms with Gasteiger partial charge in [-0.25, -0.2) is 13.1 Å². The zero-order valence-corrected chi connectivity index (χ0v) is 11.1. The second kappa shape index (κ2) is 6.26. The Bertz CT molecular complexity index is 455. The molecular formula is C12H19N3O2S. The molecule has 100 valence electrons. The number of piperidine rings is 1. The van der Waals surface area contributed by atoms with Crippen LogP contribution in [0.5, 0.6) is 0 Å². The van der Waals surface area contributed by atoms with E-state index >= 15 is 0 Å². The molecule has 6 heteroatoms. The number of hydrogen-bond acceptors (Lipinski definition) is 4. The van der Waals surface area contributed by atoms with Crippen molar-refractivity contribution in [1.82, 2.24) is 15.0 Å². The number of pyridine rings is 1. The summed E-state index contributed by atoms with van der Waals surface area (Å²) < 4.78 is 26.4. The Balaban J connectivity index is 1.83. The summed E-state index contributed by atoms with van der Waals surface area (Å²) >= 11 is 0. The zero-order valence-electron chi connectivity index (χ0n) is 10.3. The van der Waals surface area contributed by atoms with Gasteiger partial charge in [-0.1, -0.05) is 12.5 Å². The second-order valence-electron chi connectivity index (χ2n) is 4.62. The molecule has 2 heterocycles. The van der Waals surface area contributed by atoms with Gasteiger partial charge in [0.15, 0.2) is 0 Å². The number of rotatable bonds is 5. The third-order valence-corrected chi connectivity index (χ3v) is 4.36. The highest BCUT2D eigenvalue weighted by atomic mass is 32.2. The van der Waals surface area contributed by atoms with Crippen LogP contribution in [0.4, 0.5) is 0 Å². The molecule has 0 amide bonds. The fraction of sp³-hybridized carbons (Fsp3) is 0.583. The summed E-state index contributed by atoms with van der Waals surface area (Å²) in [5.74, 6) is -0.00639. The molecule has 2 rings (SSSR count). The number of nitrogens with one attached hydrogen (secondary N) is 2. The molecule has 0 saturated carbocycles. The number of hydrogen-bond donors (Lipinski definition) is 2. The predicted molar refractivity (Wildman–Crippen MR) is 70.5 cm³/mol. The largest absolute Gasteiger partial charge is 0.313 e. The Morgan fingerprint density at radius 2 is 2.33 bits per heavy atom. The van der Waals surface area contributed by atoms with Crippen molar-refractivity contribution in [1.29, 1.82) is 0 Å². The summed E-state index contributed by atoms with van der Waals surface area (Å²) in [4.78, 5) is 3.91. The number of aromatic nitrogens is 1. The van der Waals surface area contributed by atoms with Gasteiger partial charge < -0.3 is 5.32 Å². The SMILES string of the molecule is O=S(=O)(Cc1cccnc1)NC[C@H]1CCCCN1. The summed E-state index contributed by atoms with van der Waals surface area (Å²) in [6, 6.07) is 3.78. The molecule has 1 atom stereocenters. The molecule has 0 spiro atoms. The lowest BCUT2D eigenvalue weighted by Crippen LogP contribution is -2.43. The van der Waals surface area contributed by atoms with Crippen LogP contribution >= 0.6 is 0 Å². The first-order valence-electron chi connectivity index (χ1n) is 6.25. The van der Waals surface area contributed by atoms with Crippen LogP contribution in [0.3, 0.4) is 0 Å². The second-order valence-corrected chi connectivity index (χ2v) is 6.42. The highest BCUT2D eigenvalue weighted by molar-refractivity contribution is 7.88. The lowest BCUT2D eigenvalue weighted by molar-refractivity contribution is 0.398. The summed E-state index contributed by atoms with van der Waals surface area (Å²) in [6.07, 6.45) is 6.60. The molecule has 0 aromatic carbocycles. The monoisotopic (exact) mass is 269 g/mol. The van der Waals surface area contributed by atoms with E-state index in [4.69, 9.17) is 0 Å². The van der Waals surface area contributed by atoms with E-state index in [1.807, 2.05) is 0 Å². The molecule has 0 bridgehead atoms. The fourth-order valence-corrected chi connectivity index (χ4v) is 3.25. The molecular weight excluding hydrogens is 250 g/mol. The van der Waals surface area contributed by atoms with E-state index in [2.05, 4.69) is 15.0 Å². The third-order valence-electron chi connectivity index (χ3n) is 3.04. The van der Waals surface area contributed by atoms with Gasteiger partial charge in [-0.15, -0.1) is 0 Å². The minimum absolute atomic E-state index is 0.00639. The van der Waals surface area contributed by atoms with Gasteiger partial charge in [0.25, 0.3) is 0 Å². The Hall–Kier alpha value is -0.980. The quantitative estimate of drug-likeness (QED) is 0.823. The van der Waals surface area contributed by atoms with Crippen molar-refractivity contribution in [3.05, 3.63) is 30.1 Å². The third kappa shape index (κ3) is 4.36. The van der Waals surface area contributed by atoms with Crippen LogP contribution in [0.2, 0.25) is 0 Å². The molecule has 0 radical (unpaired) electrons. The maximum Gasteiger partial charge on any atom is 0.215 e. The van der Waals surface area contributed by atoms with Crippen LogP contribution in [0.25, 0.3) is 0 Å². The molecule has 1 aromatic heterocycles. The number of sulfonamides is 1. The van der Waals surface area contributed by atoms with Crippen LogP contribution in [-0.2, 0) is 15.8 Å². The topological polar surface area (TPSA) is 71.1 Å². The molecule has 1 saturated heterocycles. The summed E-state index contributed by atoms with van der Waals surface area (Å²) in [5.41, 5.74) is 0.710. The van der Waals surface area contributed by atoms with Crippen molar-refractivity contribution < 1.29 is 8.42 Å². The molecule has 0 unspecified atom stereocenters. The van der Waals surface area contributed by atoms with Crippen molar-refractivity contribution in [3.63, 3.8) is 0 Å². The van der Waals surface area contributed by atoms with Crippen LogP contribution in [0.15, 0.2) is 24.5 Å². The van der Waals surface area contributed by atoms with Crippen molar-refractivity contribution in [2.45, 2.75) is 31.1 Å². The average molecular weight is 269 g/mol. The van der Waals surface area contributed by atoms with Gasteiger partial charge in [0.1, 0.15) is 0 Å². The normalized spacial score (nSPS) is 20.8. The minimum atomic E-state index is -3.26. The first-order valence-corrected chi connectivity index (χ1v) is 7.90. The highest BCUT2D eigenvalue weighted by Crippen LogP contribution is 2.07. The molecule has 5 nitrogen and oxygen atoms in total. The van der Waals surface area contributed by atoms with Gasteiger partial charge in [-0.05, 0) is 31.0 Å². The van der Waals surface area contributed by atoms with Crippen molar-refractivity contribution in [2.24, 2.45) is 0 Å². The van der Waals surface area contributed by atoms with Crippen LogP contribution in [-0.4, -0.2) is 32.5 Å². The predicted octanol–water partition coefficient (Wildman–Crippen LogP) is 0.643. The maximum absolute atomic E-state index is 11.9. The van der Waals surface area contributed by atoms with Crippen molar-refractivity contribution in [2.75, 3.05) is 13.1 Å². The number of nitrogens with zero attached hydrogens (tertiary/aromatic N) is 1. The Kier molecular flexibility index (Phi) is 4.68. The molecule has 18 heavy (non-hydrogen) atoms. The fourth-order valence-electron chi connectivity index (χ4n) is 2.08. The van der Waals surface area contributed by atoms with Gasteiger partial charge in [0.05, 0.1) is 5.75 Å². The smallest absolute Gasteiger partial charge is 0.215 e. The summed E-state index contributed by atoms with van der Waals surface area (Å²) in [5, 5.41) is 3.32. The maximum atomic E-state index is 11.9. The zero-order chi connectivity index (χ0) is 12.8. The standard InChI is InChI=1S/C12H19N3O2S/c16-18(17,10-11-4-3-6-13-8-11)15-9-12-5-1-2-7-14-12/h3-4,6,8,12,14-15H,1-2,5,7,9-10H2/t12-/m1/s1. The minimum Gasteiger partial charge on any atom is -0.313 e.